The van der Waals surface area contributed by atoms with Gasteiger partial charge >= 0.3 is 6.03 Å². The number of carbonyl (C=O) groups is 2. The minimum Gasteiger partial charge on any atom is -0.340 e. The minimum atomic E-state index is -0.230. The molecule has 5 nitrogen and oxygen atoms in total. The van der Waals surface area contributed by atoms with Crippen LogP contribution in [-0.2, 0) is 4.79 Å². The van der Waals surface area contributed by atoms with Gasteiger partial charge in [0.25, 0.3) is 0 Å². The van der Waals surface area contributed by atoms with Gasteiger partial charge < -0.3 is 5.32 Å². The second-order valence-corrected chi connectivity index (χ2v) is 2.32. The Morgan fingerprint density at radius 3 is 2.09 bits per heavy atom. The summed E-state index contributed by atoms with van der Waals surface area (Å²) in [6, 6.07) is -0.230. The number of hydrogen-bond acceptors (Lipinski definition) is 2. The molecule has 5 heteroatoms. The number of nitrogens with zero attached hydrogens (tertiary/aromatic N) is 2. The molecule has 0 atom stereocenters. The summed E-state index contributed by atoms with van der Waals surface area (Å²) in [7, 11) is 1.54. The quantitative estimate of drug-likeness (QED) is 0.510. The Morgan fingerprint density at radius 2 is 1.82 bits per heavy atom. The van der Waals surface area contributed by atoms with E-state index in [0.717, 1.165) is 0 Å². The molecule has 0 bridgehead atoms. The van der Waals surface area contributed by atoms with E-state index < -0.39 is 0 Å². The van der Waals surface area contributed by atoms with Crippen molar-refractivity contribution in [2.24, 2.45) is 0 Å². The lowest BCUT2D eigenvalue weighted by atomic mass is 10.4. The van der Waals surface area contributed by atoms with Gasteiger partial charge in [-0.2, -0.15) is 0 Å². The van der Waals surface area contributed by atoms with Gasteiger partial charge in [0.1, 0.15) is 0 Å². The van der Waals surface area contributed by atoms with Crippen molar-refractivity contribution in [2.75, 3.05) is 20.1 Å². The molecular weight excluding hydrogens is 146 g/mol. The van der Waals surface area contributed by atoms with Crippen molar-refractivity contribution in [3.63, 3.8) is 0 Å². The van der Waals surface area contributed by atoms with Crippen molar-refractivity contribution in [3.8, 4) is 0 Å². The Kier molecular flexibility index (Phi) is 1.98. The molecule has 0 saturated carbocycles. The molecule has 62 valence electrons. The number of amides is 3. The van der Waals surface area contributed by atoms with Crippen molar-refractivity contribution in [1.29, 1.82) is 0 Å². The zero-order valence-electron chi connectivity index (χ0n) is 6.63. The van der Waals surface area contributed by atoms with Crippen LogP contribution in [0.4, 0.5) is 4.79 Å². The van der Waals surface area contributed by atoms with Gasteiger partial charge in [-0.25, -0.2) is 14.8 Å². The Labute approximate surface area is 64.9 Å². The van der Waals surface area contributed by atoms with Gasteiger partial charge in [-0.1, -0.05) is 0 Å². The third-order valence-corrected chi connectivity index (χ3v) is 1.63. The molecule has 3 amide bonds. The summed E-state index contributed by atoms with van der Waals surface area (Å²) in [6.45, 7) is 2.71. The van der Waals surface area contributed by atoms with Crippen LogP contribution in [-0.4, -0.2) is 42.1 Å². The van der Waals surface area contributed by atoms with Crippen LogP contribution >= 0.6 is 0 Å². The van der Waals surface area contributed by atoms with Crippen LogP contribution in [0.5, 0.6) is 0 Å². The Morgan fingerprint density at radius 1 is 1.27 bits per heavy atom. The van der Waals surface area contributed by atoms with E-state index in [1.54, 1.807) is 7.05 Å². The van der Waals surface area contributed by atoms with Gasteiger partial charge in [0, 0.05) is 14.0 Å². The molecule has 11 heavy (non-hydrogen) atoms. The number of hydrazine groups is 1. The molecule has 0 aromatic carbocycles. The minimum absolute atomic E-state index is 0.0974. The molecule has 0 aromatic rings. The summed E-state index contributed by atoms with van der Waals surface area (Å²) in [6.07, 6.45) is 0. The van der Waals surface area contributed by atoms with Gasteiger partial charge in [-0.15, -0.1) is 0 Å². The maximum Gasteiger partial charge on any atom is 0.336 e. The van der Waals surface area contributed by atoms with Crippen LogP contribution in [0.3, 0.4) is 0 Å². The average Bonchev–Trinajstić information content (AvgIpc) is 1.83. The zero-order chi connectivity index (χ0) is 8.43. The molecule has 1 saturated heterocycles. The monoisotopic (exact) mass is 157 g/mol. The molecule has 0 spiro atoms. The van der Waals surface area contributed by atoms with Crippen LogP contribution in [0.25, 0.3) is 0 Å². The Bertz CT molecular complexity index is 192. The van der Waals surface area contributed by atoms with E-state index in [2.05, 4.69) is 5.32 Å². The van der Waals surface area contributed by atoms with E-state index >= 15 is 0 Å². The number of hydrogen-bond donors (Lipinski definition) is 1. The highest BCUT2D eigenvalue weighted by Gasteiger charge is 2.30. The summed E-state index contributed by atoms with van der Waals surface area (Å²) in [5.74, 6) is -0.0974. The van der Waals surface area contributed by atoms with E-state index in [0.29, 0.717) is 13.1 Å². The summed E-state index contributed by atoms with van der Waals surface area (Å²) < 4.78 is 0. The molecule has 1 N–H and O–H groups in total. The summed E-state index contributed by atoms with van der Waals surface area (Å²) in [5, 5.41) is 5.22. The number of nitrogens with one attached hydrogen (secondary N) is 1. The fraction of sp³-hybridized carbons (Fsp3) is 0.667. The van der Waals surface area contributed by atoms with Crippen LogP contribution in [0.2, 0.25) is 0 Å². The second-order valence-electron chi connectivity index (χ2n) is 2.32. The van der Waals surface area contributed by atoms with Gasteiger partial charge in [0.15, 0.2) is 0 Å². The average molecular weight is 157 g/mol. The third-order valence-electron chi connectivity index (χ3n) is 1.63. The van der Waals surface area contributed by atoms with Crippen LogP contribution in [0.1, 0.15) is 6.92 Å². The number of carbonyl (C=O) groups excluding carboxylic acids is 2. The molecule has 0 aromatic heterocycles. The molecule has 1 fully saturated rings. The molecular formula is C6H11N3O2. The Hall–Kier alpha value is -1.26. The van der Waals surface area contributed by atoms with E-state index in [4.69, 9.17) is 0 Å². The topological polar surface area (TPSA) is 52.7 Å². The highest BCUT2D eigenvalue weighted by Crippen LogP contribution is 2.08. The van der Waals surface area contributed by atoms with Crippen LogP contribution < -0.4 is 5.32 Å². The first-order valence-electron chi connectivity index (χ1n) is 3.44. The molecule has 0 unspecified atom stereocenters. The SMILES string of the molecule is CNC(=O)N1CCN1C(C)=O. The van der Waals surface area contributed by atoms with E-state index in [-0.39, 0.29) is 11.9 Å². The number of rotatable bonds is 0. The van der Waals surface area contributed by atoms with Crippen molar-refractivity contribution in [1.82, 2.24) is 15.3 Å². The third kappa shape index (κ3) is 1.26. The van der Waals surface area contributed by atoms with E-state index in [1.165, 1.54) is 16.9 Å². The van der Waals surface area contributed by atoms with Crippen molar-refractivity contribution in [2.45, 2.75) is 6.92 Å². The number of urea groups is 1. The zero-order valence-corrected chi connectivity index (χ0v) is 6.63. The summed E-state index contributed by atoms with van der Waals surface area (Å²) in [5.41, 5.74) is 0. The molecule has 1 heterocycles. The van der Waals surface area contributed by atoms with Gasteiger partial charge in [-0.05, 0) is 0 Å². The fourth-order valence-electron chi connectivity index (χ4n) is 0.968. The molecule has 0 aliphatic carbocycles. The van der Waals surface area contributed by atoms with Crippen molar-refractivity contribution in [3.05, 3.63) is 0 Å². The van der Waals surface area contributed by atoms with Gasteiger partial charge in [0.2, 0.25) is 5.91 Å². The highest BCUT2D eigenvalue weighted by molar-refractivity contribution is 5.81. The van der Waals surface area contributed by atoms with Gasteiger partial charge in [0.05, 0.1) is 13.1 Å². The highest BCUT2D eigenvalue weighted by atomic mass is 16.2. The second kappa shape index (κ2) is 2.77. The van der Waals surface area contributed by atoms with E-state index in [1.807, 2.05) is 0 Å². The van der Waals surface area contributed by atoms with Crippen molar-refractivity contribution < 1.29 is 9.59 Å². The Balaban J connectivity index is 2.49. The lowest BCUT2D eigenvalue weighted by Crippen LogP contribution is -2.63. The molecule has 1 aliphatic rings. The van der Waals surface area contributed by atoms with Crippen LogP contribution in [0.15, 0.2) is 0 Å². The van der Waals surface area contributed by atoms with Gasteiger partial charge in [-0.3, -0.25) is 4.79 Å². The lowest BCUT2D eigenvalue weighted by Gasteiger charge is -2.42. The smallest absolute Gasteiger partial charge is 0.336 e. The maximum atomic E-state index is 10.9. The predicted octanol–water partition coefficient (Wildman–Crippen LogP) is -0.595. The first-order chi connectivity index (χ1) is 5.16. The summed E-state index contributed by atoms with van der Waals surface area (Å²) >= 11 is 0. The summed E-state index contributed by atoms with van der Waals surface area (Å²) in [4.78, 5) is 21.7. The molecule has 0 radical (unpaired) electrons. The first-order valence-corrected chi connectivity index (χ1v) is 3.44. The standard InChI is InChI=1S/C6H11N3O2/c1-5(10)8-3-4-9(8)6(11)7-2/h3-4H2,1-2H3,(H,7,11). The normalized spacial score (nSPS) is 15.8. The first kappa shape index (κ1) is 7.84. The van der Waals surface area contributed by atoms with E-state index in [9.17, 15) is 9.59 Å². The van der Waals surface area contributed by atoms with Crippen molar-refractivity contribution >= 4 is 11.9 Å². The fourth-order valence-corrected chi connectivity index (χ4v) is 0.968. The predicted molar refractivity (Wildman–Crippen MR) is 38.5 cm³/mol. The van der Waals surface area contributed by atoms with Crippen LogP contribution in [0, 0.1) is 0 Å². The lowest BCUT2D eigenvalue weighted by molar-refractivity contribution is -0.155. The molecule has 1 rings (SSSR count). The largest absolute Gasteiger partial charge is 0.340 e. The molecule has 1 aliphatic heterocycles. The maximum absolute atomic E-state index is 10.9.